The van der Waals surface area contributed by atoms with E-state index in [4.69, 9.17) is 10.4 Å². The van der Waals surface area contributed by atoms with Crippen LogP contribution in [0.2, 0.25) is 0 Å². The summed E-state index contributed by atoms with van der Waals surface area (Å²) in [6, 6.07) is 32.8. The van der Waals surface area contributed by atoms with Gasteiger partial charge in [-0.2, -0.15) is 0 Å². The van der Waals surface area contributed by atoms with E-state index in [2.05, 4.69) is 91.0 Å². The summed E-state index contributed by atoms with van der Waals surface area (Å²) in [6.07, 6.45) is 0. The van der Waals surface area contributed by atoms with Gasteiger partial charge in [-0.25, -0.2) is 0 Å². The Balaban J connectivity index is 1.95. The molecule has 0 spiro atoms. The van der Waals surface area contributed by atoms with E-state index in [-0.39, 0.29) is 0 Å². The number of benzene rings is 4. The van der Waals surface area contributed by atoms with Crippen LogP contribution in [0.4, 0.5) is 0 Å². The Morgan fingerprint density at radius 2 is 1.00 bits per heavy atom. The van der Waals surface area contributed by atoms with Gasteiger partial charge in [-0.1, -0.05) is 0 Å². The Morgan fingerprint density at radius 1 is 0.500 bits per heavy atom. The van der Waals surface area contributed by atoms with Crippen LogP contribution in [0.25, 0.3) is 21.9 Å². The van der Waals surface area contributed by atoms with E-state index < -0.39 is 11.9 Å². The molecule has 4 aromatic rings. The van der Waals surface area contributed by atoms with Crippen LogP contribution in [0.15, 0.2) is 91.0 Å². The average Bonchev–Trinajstić information content (AvgIpc) is 2.92. The molecule has 114 valence electrons. The minimum atomic E-state index is -2.82. The van der Waals surface area contributed by atoms with E-state index in [0.717, 1.165) is 0 Å². The molecule has 1 heterocycles. The van der Waals surface area contributed by atoms with Gasteiger partial charge in [0.2, 0.25) is 0 Å². The molecule has 0 saturated carbocycles. The molecule has 4 aromatic carbocycles. The fourth-order valence-electron chi connectivity index (χ4n) is 3.82. The van der Waals surface area contributed by atoms with Crippen molar-refractivity contribution < 1.29 is 0 Å². The standard InChI is InChI=1S/C22H15AsS/c24-23(20-15-7-9-16-8-1-2-10-17(16)20)21-13-5-3-11-18(21)19-12-4-6-14-22(19)23/h1-15H. The topological polar surface area (TPSA) is 0 Å². The predicted molar refractivity (Wildman–Crippen MR) is 108 cm³/mol. The zero-order valence-electron chi connectivity index (χ0n) is 13.0. The molecule has 0 atom stereocenters. The van der Waals surface area contributed by atoms with Gasteiger partial charge < -0.3 is 0 Å². The van der Waals surface area contributed by atoms with Gasteiger partial charge in [0.15, 0.2) is 0 Å². The molecule has 0 aromatic heterocycles. The summed E-state index contributed by atoms with van der Waals surface area (Å²) in [5.74, 6) is 0. The second-order valence-electron chi connectivity index (χ2n) is 6.14. The Labute approximate surface area is 148 Å². The third-order valence-corrected chi connectivity index (χ3v) is 14.7. The van der Waals surface area contributed by atoms with Crippen molar-refractivity contribution in [1.29, 1.82) is 0 Å². The van der Waals surface area contributed by atoms with E-state index in [1.807, 2.05) is 0 Å². The Morgan fingerprint density at radius 3 is 1.71 bits per heavy atom. The summed E-state index contributed by atoms with van der Waals surface area (Å²) < 4.78 is 4.16. The van der Waals surface area contributed by atoms with Crippen LogP contribution in [0.5, 0.6) is 0 Å². The van der Waals surface area contributed by atoms with E-state index >= 15 is 0 Å². The van der Waals surface area contributed by atoms with Crippen molar-refractivity contribution in [2.24, 2.45) is 0 Å². The molecule has 24 heavy (non-hydrogen) atoms. The van der Waals surface area contributed by atoms with Crippen LogP contribution in [-0.2, 0) is 0 Å². The summed E-state index contributed by atoms with van der Waals surface area (Å²) in [5.41, 5.74) is 2.67. The van der Waals surface area contributed by atoms with Crippen LogP contribution >= 0.6 is 10.4 Å². The summed E-state index contributed by atoms with van der Waals surface area (Å²) >= 11 is -2.82. The normalized spacial score (nSPS) is 14.3. The zero-order chi connectivity index (χ0) is 16.1. The average molecular weight is 386 g/mol. The van der Waals surface area contributed by atoms with Crippen molar-refractivity contribution in [3.05, 3.63) is 91.0 Å². The Bertz CT molecular complexity index is 1090. The van der Waals surface area contributed by atoms with Gasteiger partial charge in [0, 0.05) is 0 Å². The molecule has 2 heteroatoms. The molecular weight excluding hydrogens is 371 g/mol. The number of fused-ring (bicyclic) bond motifs is 4. The zero-order valence-corrected chi connectivity index (χ0v) is 15.7. The number of rotatable bonds is 1. The molecule has 0 saturated heterocycles. The molecule has 0 bridgehead atoms. The third kappa shape index (κ3) is 1.80. The van der Waals surface area contributed by atoms with E-state index in [1.54, 1.807) is 0 Å². The second kappa shape index (κ2) is 5.21. The first-order valence-electron chi connectivity index (χ1n) is 8.08. The van der Waals surface area contributed by atoms with Gasteiger partial charge in [-0.3, -0.25) is 0 Å². The molecule has 0 fully saturated rings. The monoisotopic (exact) mass is 386 g/mol. The van der Waals surface area contributed by atoms with E-state index in [0.29, 0.717) is 0 Å². The third-order valence-electron chi connectivity index (χ3n) is 4.88. The molecule has 1 aliphatic heterocycles. The summed E-state index contributed by atoms with van der Waals surface area (Å²) in [6.45, 7) is 0. The molecule has 5 rings (SSSR count). The van der Waals surface area contributed by atoms with Gasteiger partial charge in [0.05, 0.1) is 0 Å². The van der Waals surface area contributed by atoms with Crippen molar-refractivity contribution in [2.45, 2.75) is 0 Å². The van der Waals surface area contributed by atoms with Gasteiger partial charge in [-0.15, -0.1) is 0 Å². The van der Waals surface area contributed by atoms with Gasteiger partial charge in [-0.05, 0) is 0 Å². The second-order valence-corrected chi connectivity index (χ2v) is 14.6. The molecule has 1 aliphatic rings. The SMILES string of the molecule is S=[As]1(c2cccc3ccccc23)c2ccccc2-c2ccccc21. The molecule has 0 aliphatic carbocycles. The summed E-state index contributed by atoms with van der Waals surface area (Å²) in [4.78, 5) is 0. The Hall–Kier alpha value is -2.08. The van der Waals surface area contributed by atoms with Crippen LogP contribution in [0.1, 0.15) is 0 Å². The summed E-state index contributed by atoms with van der Waals surface area (Å²) in [7, 11) is 6.54. The van der Waals surface area contributed by atoms with Gasteiger partial charge >= 0.3 is 148 Å². The quantitative estimate of drug-likeness (QED) is 0.393. The fourth-order valence-corrected chi connectivity index (χ4v) is 13.2. The first-order valence-corrected chi connectivity index (χ1v) is 13.6. The molecule has 0 radical (unpaired) electrons. The summed E-state index contributed by atoms with van der Waals surface area (Å²) in [5, 5.41) is 2.59. The molecule has 0 nitrogen and oxygen atoms in total. The maximum absolute atomic E-state index is 6.54. The molecule has 0 N–H and O–H groups in total. The van der Waals surface area contributed by atoms with Crippen molar-refractivity contribution in [1.82, 2.24) is 0 Å². The first-order chi connectivity index (χ1) is 11.8. The van der Waals surface area contributed by atoms with Crippen molar-refractivity contribution in [3.8, 4) is 11.1 Å². The fraction of sp³-hybridized carbons (Fsp3) is 0. The van der Waals surface area contributed by atoms with Crippen LogP contribution in [-0.4, -0.2) is 11.9 Å². The number of hydrogen-bond acceptors (Lipinski definition) is 1. The van der Waals surface area contributed by atoms with Crippen LogP contribution < -0.4 is 13.1 Å². The minimum absolute atomic E-state index is 1.28. The first kappa shape index (κ1) is 14.3. The van der Waals surface area contributed by atoms with Crippen LogP contribution in [0.3, 0.4) is 0 Å². The molecule has 0 amide bonds. The van der Waals surface area contributed by atoms with Crippen molar-refractivity contribution >= 4 is 46.1 Å². The van der Waals surface area contributed by atoms with E-state index in [1.165, 1.54) is 35.0 Å². The van der Waals surface area contributed by atoms with Crippen LogP contribution in [0, 0.1) is 0 Å². The predicted octanol–water partition coefficient (Wildman–Crippen LogP) is 3.98. The van der Waals surface area contributed by atoms with Gasteiger partial charge in [0.1, 0.15) is 0 Å². The van der Waals surface area contributed by atoms with Gasteiger partial charge in [0.25, 0.3) is 0 Å². The number of hydrogen-bond donors (Lipinski definition) is 0. The van der Waals surface area contributed by atoms with Crippen molar-refractivity contribution in [3.63, 3.8) is 0 Å². The molecular formula is C22H15AsS. The molecule has 0 unspecified atom stereocenters. The maximum atomic E-state index is 6.54. The van der Waals surface area contributed by atoms with Crippen molar-refractivity contribution in [2.75, 3.05) is 0 Å². The van der Waals surface area contributed by atoms with E-state index in [9.17, 15) is 0 Å². The Kier molecular flexibility index (Phi) is 3.10.